The van der Waals surface area contributed by atoms with Crippen molar-refractivity contribution in [1.29, 1.82) is 0 Å². The van der Waals surface area contributed by atoms with E-state index in [1.807, 2.05) is 13.8 Å². The molecule has 12 heteroatoms. The van der Waals surface area contributed by atoms with Crippen LogP contribution >= 0.6 is 11.6 Å². The average Bonchev–Trinajstić information content (AvgIpc) is 3.29. The Kier molecular flexibility index (Phi) is 8.81. The molecule has 1 atom stereocenters. The van der Waals surface area contributed by atoms with Gasteiger partial charge in [-0.15, -0.1) is 0 Å². The number of rotatable bonds is 9. The van der Waals surface area contributed by atoms with Gasteiger partial charge in [-0.25, -0.2) is 8.42 Å². The van der Waals surface area contributed by atoms with Crippen molar-refractivity contribution in [2.24, 2.45) is 0 Å². The number of carbonyl (C=O) groups excluding carboxylic acids is 1. The third-order valence-electron chi connectivity index (χ3n) is 6.72. The van der Waals surface area contributed by atoms with Crippen LogP contribution < -0.4 is 5.32 Å². The van der Waals surface area contributed by atoms with Gasteiger partial charge in [-0.2, -0.15) is 13.2 Å². The van der Waals surface area contributed by atoms with Crippen LogP contribution in [0.25, 0.3) is 11.0 Å². The first kappa shape index (κ1) is 30.5. The van der Waals surface area contributed by atoms with Gasteiger partial charge in [0.05, 0.1) is 34.6 Å². The molecule has 2 heterocycles. The molecule has 0 fully saturated rings. The number of furan rings is 1. The Balaban J connectivity index is 1.63. The fourth-order valence-corrected chi connectivity index (χ4v) is 5.61. The van der Waals surface area contributed by atoms with E-state index in [1.54, 1.807) is 12.1 Å². The van der Waals surface area contributed by atoms with E-state index < -0.39 is 40.1 Å². The Hall–Kier alpha value is -3.41. The second-order valence-electron chi connectivity index (χ2n) is 9.81. The normalized spacial score (nSPS) is 13.1. The van der Waals surface area contributed by atoms with E-state index in [0.29, 0.717) is 16.7 Å². The van der Waals surface area contributed by atoms with E-state index in [-0.39, 0.29) is 44.8 Å². The molecule has 0 spiro atoms. The van der Waals surface area contributed by atoms with Crippen molar-refractivity contribution in [2.75, 3.05) is 12.4 Å². The number of sulfone groups is 1. The molecule has 0 bridgehead atoms. The predicted molar refractivity (Wildman–Crippen MR) is 149 cm³/mol. The molecule has 7 nitrogen and oxygen atoms in total. The van der Waals surface area contributed by atoms with Gasteiger partial charge in [-0.3, -0.25) is 9.78 Å². The number of aliphatic hydroxyl groups is 1. The van der Waals surface area contributed by atoms with Crippen molar-refractivity contribution in [1.82, 2.24) is 10.3 Å². The highest BCUT2D eigenvalue weighted by atomic mass is 35.5. The first-order valence-electron chi connectivity index (χ1n) is 12.8. The van der Waals surface area contributed by atoms with Crippen LogP contribution in [0.2, 0.25) is 5.02 Å². The van der Waals surface area contributed by atoms with Crippen LogP contribution in [0.3, 0.4) is 0 Å². The summed E-state index contributed by atoms with van der Waals surface area (Å²) in [6, 6.07) is 10.2. The lowest BCUT2D eigenvalue weighted by Gasteiger charge is -2.16. The van der Waals surface area contributed by atoms with Crippen LogP contribution in [0, 0.1) is 0 Å². The first-order chi connectivity index (χ1) is 19.2. The van der Waals surface area contributed by atoms with E-state index in [4.69, 9.17) is 16.0 Å². The third-order valence-corrected chi connectivity index (χ3v) is 8.67. The molecule has 0 aliphatic rings. The summed E-state index contributed by atoms with van der Waals surface area (Å²) >= 11 is 5.83. The molecule has 41 heavy (non-hydrogen) atoms. The van der Waals surface area contributed by atoms with Gasteiger partial charge in [0.25, 0.3) is 5.91 Å². The van der Waals surface area contributed by atoms with Crippen LogP contribution in [0.5, 0.6) is 0 Å². The summed E-state index contributed by atoms with van der Waals surface area (Å²) in [7, 11) is -3.46. The van der Waals surface area contributed by atoms with Crippen LogP contribution in [0.1, 0.15) is 71.2 Å². The number of carbonyl (C=O) groups is 1. The Labute approximate surface area is 240 Å². The van der Waals surface area contributed by atoms with Crippen LogP contribution in [-0.4, -0.2) is 36.8 Å². The standard InChI is InChI=1S/C29H28ClF3N2O5S/c1-4-41(38,39)20-8-10-23(34-14-20)24(15-36)35-28(37)18-6-9-21-25(12-18)40-26(27(21)16(2)3)11-17-5-7-19(30)13-22(17)29(31,32)33/h5-10,12-14,16,24,36H,4,11,15H2,1-3H3,(H,35,37)/t24-/m0/s1. The molecule has 0 unspecified atom stereocenters. The third kappa shape index (κ3) is 6.58. The molecule has 2 N–H and O–H groups in total. The molecule has 4 aromatic rings. The summed E-state index contributed by atoms with van der Waals surface area (Å²) in [5, 5.41) is 13.2. The van der Waals surface area contributed by atoms with Crippen LogP contribution in [0.15, 0.2) is 64.0 Å². The number of amides is 1. The fourth-order valence-electron chi connectivity index (χ4n) is 4.62. The zero-order valence-electron chi connectivity index (χ0n) is 22.4. The van der Waals surface area contributed by atoms with Gasteiger partial charge < -0.3 is 14.8 Å². The molecule has 0 aliphatic carbocycles. The molecule has 0 saturated heterocycles. The van der Waals surface area contributed by atoms with Gasteiger partial charge in [0.1, 0.15) is 11.3 Å². The number of benzene rings is 2. The topological polar surface area (TPSA) is 110 Å². The summed E-state index contributed by atoms with van der Waals surface area (Å²) < 4.78 is 71.2. The number of pyridine rings is 1. The van der Waals surface area contributed by atoms with Crippen molar-refractivity contribution < 1.29 is 35.9 Å². The lowest BCUT2D eigenvalue weighted by atomic mass is 9.94. The minimum absolute atomic E-state index is 0.0110. The number of fused-ring (bicyclic) bond motifs is 1. The minimum atomic E-state index is -4.60. The predicted octanol–water partition coefficient (Wildman–Crippen LogP) is 6.47. The van der Waals surface area contributed by atoms with Gasteiger partial charge >= 0.3 is 6.18 Å². The van der Waals surface area contributed by atoms with Crippen molar-refractivity contribution in [3.8, 4) is 0 Å². The number of halogens is 4. The summed E-state index contributed by atoms with van der Waals surface area (Å²) in [4.78, 5) is 17.2. The van der Waals surface area contributed by atoms with E-state index >= 15 is 0 Å². The molecule has 2 aromatic heterocycles. The number of aromatic nitrogens is 1. The highest BCUT2D eigenvalue weighted by molar-refractivity contribution is 7.91. The van der Waals surface area contributed by atoms with E-state index in [2.05, 4.69) is 10.3 Å². The highest BCUT2D eigenvalue weighted by Gasteiger charge is 2.34. The van der Waals surface area contributed by atoms with E-state index in [1.165, 1.54) is 43.5 Å². The summed E-state index contributed by atoms with van der Waals surface area (Å²) in [5.41, 5.74) is 0.685. The monoisotopic (exact) mass is 608 g/mol. The van der Waals surface area contributed by atoms with Gasteiger partial charge in [0.15, 0.2) is 9.84 Å². The SMILES string of the molecule is CCS(=O)(=O)c1ccc([C@H](CO)NC(=O)c2ccc3c(C(C)C)c(Cc4ccc(Cl)cc4C(F)(F)F)oc3c2)nc1. The molecular weight excluding hydrogens is 581 g/mol. The Bertz CT molecular complexity index is 1680. The van der Waals surface area contributed by atoms with Gasteiger partial charge in [-0.05, 0) is 47.9 Å². The van der Waals surface area contributed by atoms with Crippen LogP contribution in [-0.2, 0) is 22.4 Å². The Morgan fingerprint density at radius 3 is 2.44 bits per heavy atom. The molecule has 2 aromatic carbocycles. The number of aliphatic hydroxyl groups excluding tert-OH is 1. The number of nitrogens with one attached hydrogen (secondary N) is 1. The summed E-state index contributed by atoms with van der Waals surface area (Å²) in [5.74, 6) is -0.386. The molecule has 0 radical (unpaired) electrons. The highest BCUT2D eigenvalue weighted by Crippen LogP contribution is 2.38. The molecule has 0 saturated carbocycles. The van der Waals surface area contributed by atoms with Crippen molar-refractivity contribution in [3.63, 3.8) is 0 Å². The molecule has 1 amide bonds. The Morgan fingerprint density at radius 2 is 1.85 bits per heavy atom. The average molecular weight is 609 g/mol. The lowest BCUT2D eigenvalue weighted by molar-refractivity contribution is -0.138. The van der Waals surface area contributed by atoms with Gasteiger partial charge in [-0.1, -0.05) is 44.5 Å². The second kappa shape index (κ2) is 11.8. The Morgan fingerprint density at radius 1 is 1.12 bits per heavy atom. The number of alkyl halides is 3. The molecule has 218 valence electrons. The van der Waals surface area contributed by atoms with Crippen molar-refractivity contribution in [3.05, 3.63) is 93.5 Å². The first-order valence-corrected chi connectivity index (χ1v) is 14.8. The lowest BCUT2D eigenvalue weighted by Crippen LogP contribution is -2.31. The maximum atomic E-state index is 13.7. The van der Waals surface area contributed by atoms with Crippen LogP contribution in [0.4, 0.5) is 13.2 Å². The smallest absolute Gasteiger partial charge is 0.416 e. The number of hydrogen-bond donors (Lipinski definition) is 2. The van der Waals surface area contributed by atoms with E-state index in [9.17, 15) is 31.5 Å². The van der Waals surface area contributed by atoms with E-state index in [0.717, 1.165) is 11.6 Å². The summed E-state index contributed by atoms with van der Waals surface area (Å²) in [6.07, 6.45) is -3.55. The quantitative estimate of drug-likeness (QED) is 0.225. The zero-order valence-corrected chi connectivity index (χ0v) is 24.0. The summed E-state index contributed by atoms with van der Waals surface area (Å²) in [6.45, 7) is 4.82. The molecule has 0 aliphatic heterocycles. The number of hydrogen-bond acceptors (Lipinski definition) is 6. The van der Waals surface area contributed by atoms with Crippen molar-refractivity contribution >= 4 is 38.3 Å². The van der Waals surface area contributed by atoms with Gasteiger partial charge in [0, 0.05) is 34.2 Å². The molecular formula is C29H28ClF3N2O5S. The van der Waals surface area contributed by atoms with Crippen molar-refractivity contribution in [2.45, 2.75) is 50.2 Å². The zero-order chi connectivity index (χ0) is 30.1. The maximum absolute atomic E-state index is 13.7. The number of nitrogens with zero attached hydrogens (tertiary/aromatic N) is 1. The largest absolute Gasteiger partial charge is 0.460 e. The molecule has 4 rings (SSSR count). The second-order valence-corrected chi connectivity index (χ2v) is 12.5. The van der Waals surface area contributed by atoms with Gasteiger partial charge in [0.2, 0.25) is 0 Å². The fraction of sp³-hybridized carbons (Fsp3) is 0.310. The maximum Gasteiger partial charge on any atom is 0.416 e. The minimum Gasteiger partial charge on any atom is -0.460 e.